The monoisotopic (exact) mass is 543 g/mol. The Kier molecular flexibility index (Phi) is 14.3. The lowest BCUT2D eigenvalue weighted by atomic mass is 9.97. The van der Waals surface area contributed by atoms with E-state index in [-0.39, 0.29) is 11.8 Å². The predicted octanol–water partition coefficient (Wildman–Crippen LogP) is 9.99. The van der Waals surface area contributed by atoms with E-state index in [2.05, 4.69) is 24.5 Å². The molecule has 216 valence electrons. The maximum absolute atomic E-state index is 13.6. The van der Waals surface area contributed by atoms with Crippen molar-refractivity contribution < 1.29 is 14.3 Å². The molecule has 1 aromatic heterocycles. The van der Waals surface area contributed by atoms with E-state index in [1.807, 2.05) is 60.8 Å². The number of unbranched alkanes of at least 4 members (excludes halogenated alkanes) is 8. The van der Waals surface area contributed by atoms with Crippen LogP contribution in [0.25, 0.3) is 10.9 Å². The van der Waals surface area contributed by atoms with Gasteiger partial charge in [-0.25, -0.2) is 0 Å². The van der Waals surface area contributed by atoms with Gasteiger partial charge in [0.2, 0.25) is 0 Å². The van der Waals surface area contributed by atoms with Crippen molar-refractivity contribution in [2.75, 3.05) is 0 Å². The molecule has 0 aliphatic carbocycles. The number of ketones is 1. The number of hydrogen-bond donors (Lipinski definition) is 0. The second-order valence-corrected chi connectivity index (χ2v) is 11.0. The van der Waals surface area contributed by atoms with Gasteiger partial charge in [0.05, 0.1) is 0 Å². The van der Waals surface area contributed by atoms with E-state index in [0.717, 1.165) is 47.7 Å². The molecule has 0 radical (unpaired) electrons. The highest BCUT2D eigenvalue weighted by molar-refractivity contribution is 6.13. The van der Waals surface area contributed by atoms with Crippen LogP contribution >= 0.6 is 0 Å². The second kappa shape index (κ2) is 18.3. The fourth-order valence-electron chi connectivity index (χ4n) is 5.28. The van der Waals surface area contributed by atoms with Gasteiger partial charge in [-0.05, 0) is 49.8 Å². The third-order valence-corrected chi connectivity index (χ3v) is 7.61. The SMILES string of the molecule is CCCCCCCC(=CC(=O)c1cn(CCCC(=O)OCc2ccccc2)c2ccccc12)CCCCCCC. The van der Waals surface area contributed by atoms with Gasteiger partial charge < -0.3 is 9.30 Å². The topological polar surface area (TPSA) is 48.3 Å². The zero-order valence-electron chi connectivity index (χ0n) is 24.8. The van der Waals surface area contributed by atoms with Crippen molar-refractivity contribution in [1.82, 2.24) is 4.57 Å². The van der Waals surface area contributed by atoms with Gasteiger partial charge in [0.1, 0.15) is 6.61 Å². The van der Waals surface area contributed by atoms with Crippen molar-refractivity contribution in [1.29, 1.82) is 0 Å². The average Bonchev–Trinajstić information content (AvgIpc) is 3.35. The number of allylic oxidation sites excluding steroid dienone is 2. The first-order chi connectivity index (χ1) is 19.6. The predicted molar refractivity (Wildman–Crippen MR) is 167 cm³/mol. The first-order valence-electron chi connectivity index (χ1n) is 15.6. The fourth-order valence-corrected chi connectivity index (χ4v) is 5.28. The van der Waals surface area contributed by atoms with Crippen LogP contribution < -0.4 is 0 Å². The molecule has 0 unspecified atom stereocenters. The van der Waals surface area contributed by atoms with Crippen LogP contribution in [0.15, 0.2) is 72.4 Å². The Balaban J connectivity index is 1.63. The van der Waals surface area contributed by atoms with Crippen LogP contribution in [0, 0.1) is 0 Å². The number of benzene rings is 2. The number of carbonyl (C=O) groups excluding carboxylic acids is 2. The quantitative estimate of drug-likeness (QED) is 0.0616. The first kappa shape index (κ1) is 31.4. The van der Waals surface area contributed by atoms with Crippen molar-refractivity contribution >= 4 is 22.7 Å². The highest BCUT2D eigenvalue weighted by atomic mass is 16.5. The van der Waals surface area contributed by atoms with Crippen LogP contribution in [-0.4, -0.2) is 16.3 Å². The molecule has 0 aliphatic rings. The highest BCUT2D eigenvalue weighted by Gasteiger charge is 2.15. The first-order valence-corrected chi connectivity index (χ1v) is 15.6. The summed E-state index contributed by atoms with van der Waals surface area (Å²) in [6.45, 7) is 5.46. The third kappa shape index (κ3) is 10.8. The molecule has 0 bridgehead atoms. The Morgan fingerprint density at radius 3 is 2.02 bits per heavy atom. The molecule has 0 fully saturated rings. The molecular weight excluding hydrogens is 494 g/mol. The molecule has 4 heteroatoms. The minimum atomic E-state index is -0.193. The van der Waals surface area contributed by atoms with Crippen molar-refractivity contribution in [2.24, 2.45) is 0 Å². The number of fused-ring (bicyclic) bond motifs is 1. The van der Waals surface area contributed by atoms with Gasteiger partial charge in [-0.3, -0.25) is 9.59 Å². The molecular formula is C36H49NO3. The maximum Gasteiger partial charge on any atom is 0.306 e. The standard InChI is InChI=1S/C36H49NO3/c1-3-5-7-9-12-19-30(20-13-10-8-6-4-2)27-35(38)33-28-37(34-24-17-16-23-32(33)34)26-18-25-36(39)40-29-31-21-14-11-15-22-31/h11,14-17,21-24,27-28H,3-10,12-13,18-20,25-26,29H2,1-2H3. The number of para-hydroxylation sites is 1. The molecule has 1 heterocycles. The number of ether oxygens (including phenoxy) is 1. The zero-order chi connectivity index (χ0) is 28.4. The van der Waals surface area contributed by atoms with Crippen LogP contribution in [-0.2, 0) is 22.7 Å². The van der Waals surface area contributed by atoms with E-state index in [9.17, 15) is 9.59 Å². The van der Waals surface area contributed by atoms with Crippen molar-refractivity contribution in [3.8, 4) is 0 Å². The van der Waals surface area contributed by atoms with Crippen LogP contribution in [0.3, 0.4) is 0 Å². The molecule has 0 N–H and O–H groups in total. The summed E-state index contributed by atoms with van der Waals surface area (Å²) in [4.78, 5) is 25.9. The maximum atomic E-state index is 13.6. The Hall–Kier alpha value is -3.14. The molecule has 4 nitrogen and oxygen atoms in total. The summed E-state index contributed by atoms with van der Waals surface area (Å²) in [6, 6.07) is 17.9. The molecule has 0 aliphatic heterocycles. The Labute approximate surface area is 241 Å². The van der Waals surface area contributed by atoms with E-state index in [1.165, 1.54) is 56.9 Å². The summed E-state index contributed by atoms with van der Waals surface area (Å²) in [5.74, 6) is -0.0867. The third-order valence-electron chi connectivity index (χ3n) is 7.61. The summed E-state index contributed by atoms with van der Waals surface area (Å²) < 4.78 is 7.56. The summed E-state index contributed by atoms with van der Waals surface area (Å²) in [6.07, 6.45) is 19.4. The number of nitrogens with zero attached hydrogens (tertiary/aromatic N) is 1. The molecule has 0 amide bonds. The summed E-state index contributed by atoms with van der Waals surface area (Å²) in [7, 11) is 0. The van der Waals surface area contributed by atoms with Gasteiger partial charge in [-0.1, -0.05) is 119 Å². The smallest absolute Gasteiger partial charge is 0.306 e. The van der Waals surface area contributed by atoms with Crippen LogP contribution in [0.2, 0.25) is 0 Å². The van der Waals surface area contributed by atoms with Crippen LogP contribution in [0.5, 0.6) is 0 Å². The van der Waals surface area contributed by atoms with Crippen LogP contribution in [0.4, 0.5) is 0 Å². The lowest BCUT2D eigenvalue weighted by Crippen LogP contribution is -2.06. The van der Waals surface area contributed by atoms with Gasteiger partial charge in [0.15, 0.2) is 5.78 Å². The van der Waals surface area contributed by atoms with E-state index in [1.54, 1.807) is 0 Å². The van der Waals surface area contributed by atoms with Gasteiger partial charge in [0.25, 0.3) is 0 Å². The molecule has 0 saturated carbocycles. The number of rotatable bonds is 20. The molecule has 40 heavy (non-hydrogen) atoms. The van der Waals surface area contributed by atoms with Gasteiger partial charge in [0, 0.05) is 35.6 Å². The van der Waals surface area contributed by atoms with Crippen molar-refractivity contribution in [3.05, 3.63) is 83.6 Å². The molecule has 0 atom stereocenters. The van der Waals surface area contributed by atoms with Gasteiger partial charge in [-0.2, -0.15) is 0 Å². The molecule has 0 saturated heterocycles. The average molecular weight is 544 g/mol. The molecule has 3 rings (SSSR count). The van der Waals surface area contributed by atoms with Crippen molar-refractivity contribution in [3.63, 3.8) is 0 Å². The van der Waals surface area contributed by atoms with Crippen molar-refractivity contribution in [2.45, 2.75) is 117 Å². The van der Waals surface area contributed by atoms with E-state index >= 15 is 0 Å². The molecule has 2 aromatic carbocycles. The number of hydrogen-bond acceptors (Lipinski definition) is 3. The molecule has 0 spiro atoms. The summed E-state index contributed by atoms with van der Waals surface area (Å²) in [5, 5.41) is 0.987. The Morgan fingerprint density at radius 2 is 1.35 bits per heavy atom. The number of carbonyl (C=O) groups is 2. The van der Waals surface area contributed by atoms with E-state index in [0.29, 0.717) is 26.0 Å². The minimum absolute atomic E-state index is 0.106. The fraction of sp³-hybridized carbons (Fsp3) is 0.500. The summed E-state index contributed by atoms with van der Waals surface area (Å²) >= 11 is 0. The normalized spacial score (nSPS) is 11.1. The summed E-state index contributed by atoms with van der Waals surface area (Å²) in [5.41, 5.74) is 4.09. The molecule has 3 aromatic rings. The van der Waals surface area contributed by atoms with Gasteiger partial charge >= 0.3 is 5.97 Å². The Bertz CT molecular complexity index is 1180. The number of aryl methyl sites for hydroxylation is 1. The van der Waals surface area contributed by atoms with Gasteiger partial charge in [-0.15, -0.1) is 0 Å². The lowest BCUT2D eigenvalue weighted by molar-refractivity contribution is -0.145. The zero-order valence-corrected chi connectivity index (χ0v) is 24.8. The number of aromatic nitrogens is 1. The second-order valence-electron chi connectivity index (χ2n) is 11.0. The van der Waals surface area contributed by atoms with Crippen LogP contribution in [0.1, 0.15) is 120 Å². The van der Waals surface area contributed by atoms with E-state index in [4.69, 9.17) is 4.74 Å². The minimum Gasteiger partial charge on any atom is -0.461 e. The Morgan fingerprint density at radius 1 is 0.725 bits per heavy atom. The largest absolute Gasteiger partial charge is 0.461 e. The number of esters is 1. The van der Waals surface area contributed by atoms with E-state index < -0.39 is 0 Å². The highest BCUT2D eigenvalue weighted by Crippen LogP contribution is 2.25. The lowest BCUT2D eigenvalue weighted by Gasteiger charge is -2.08.